The molecule has 0 saturated carbocycles. The van der Waals surface area contributed by atoms with E-state index < -0.39 is 0 Å². The third-order valence-corrected chi connectivity index (χ3v) is 3.24. The fourth-order valence-corrected chi connectivity index (χ4v) is 1.77. The second-order valence-corrected chi connectivity index (χ2v) is 6.58. The van der Waals surface area contributed by atoms with Gasteiger partial charge in [0.2, 0.25) is 0 Å². The molecule has 1 unspecified atom stereocenters. The van der Waals surface area contributed by atoms with Crippen LogP contribution >= 0.6 is 0 Å². The fraction of sp³-hybridized carbons (Fsp3) is 0.529. The van der Waals surface area contributed by atoms with Gasteiger partial charge in [-0.05, 0) is 36.1 Å². The van der Waals surface area contributed by atoms with Crippen molar-refractivity contribution in [2.75, 3.05) is 13.2 Å². The molecular weight excluding hydrogens is 280 g/mol. The van der Waals surface area contributed by atoms with E-state index in [-0.39, 0.29) is 29.9 Å². The minimum Gasteiger partial charge on any atom is -0.394 e. The summed E-state index contributed by atoms with van der Waals surface area (Å²) in [5.74, 6) is -0.397. The Morgan fingerprint density at radius 2 is 1.59 bits per heavy atom. The molecule has 0 fully saturated rings. The minimum atomic E-state index is -0.248. The predicted molar refractivity (Wildman–Crippen MR) is 86.9 cm³/mol. The average molecular weight is 306 g/mol. The molecule has 5 heteroatoms. The Morgan fingerprint density at radius 1 is 1.09 bits per heavy atom. The first-order valence-electron chi connectivity index (χ1n) is 7.57. The highest BCUT2D eigenvalue weighted by Crippen LogP contribution is 2.11. The van der Waals surface area contributed by atoms with Crippen molar-refractivity contribution in [3.63, 3.8) is 0 Å². The molecule has 0 aliphatic heterocycles. The Hall–Kier alpha value is -1.88. The molecule has 1 rings (SSSR count). The van der Waals surface area contributed by atoms with Crippen molar-refractivity contribution >= 4 is 11.8 Å². The van der Waals surface area contributed by atoms with Crippen molar-refractivity contribution in [3.8, 4) is 0 Å². The molecule has 0 heterocycles. The summed E-state index contributed by atoms with van der Waals surface area (Å²) in [5.41, 5.74) is 1.02. The SMILES string of the molecule is CCC(CO)NC(=O)c1ccc(C(=O)NCC(C)(C)C)cc1. The Labute approximate surface area is 132 Å². The second kappa shape index (κ2) is 7.94. The highest BCUT2D eigenvalue weighted by atomic mass is 16.3. The third kappa shape index (κ3) is 5.85. The van der Waals surface area contributed by atoms with E-state index in [9.17, 15) is 9.59 Å². The van der Waals surface area contributed by atoms with Crippen LogP contribution in [0.4, 0.5) is 0 Å². The summed E-state index contributed by atoms with van der Waals surface area (Å²) in [7, 11) is 0. The molecule has 5 nitrogen and oxygen atoms in total. The van der Waals surface area contributed by atoms with E-state index in [0.29, 0.717) is 24.1 Å². The maximum absolute atomic E-state index is 12.0. The number of aliphatic hydroxyl groups is 1. The summed E-state index contributed by atoms with van der Waals surface area (Å²) >= 11 is 0. The first-order chi connectivity index (χ1) is 10.3. The van der Waals surface area contributed by atoms with Gasteiger partial charge in [0.1, 0.15) is 0 Å². The first kappa shape index (κ1) is 18.2. The topological polar surface area (TPSA) is 78.4 Å². The number of hydrogen-bond donors (Lipinski definition) is 3. The maximum Gasteiger partial charge on any atom is 0.251 e. The zero-order valence-corrected chi connectivity index (χ0v) is 13.8. The number of rotatable bonds is 6. The van der Waals surface area contributed by atoms with Crippen LogP contribution in [0.15, 0.2) is 24.3 Å². The van der Waals surface area contributed by atoms with Gasteiger partial charge in [0, 0.05) is 17.7 Å². The molecule has 0 bridgehead atoms. The maximum atomic E-state index is 12.0. The van der Waals surface area contributed by atoms with Gasteiger partial charge in [0.15, 0.2) is 0 Å². The third-order valence-electron chi connectivity index (χ3n) is 3.24. The van der Waals surface area contributed by atoms with E-state index in [4.69, 9.17) is 5.11 Å². The largest absolute Gasteiger partial charge is 0.394 e. The van der Waals surface area contributed by atoms with Gasteiger partial charge in [-0.25, -0.2) is 0 Å². The van der Waals surface area contributed by atoms with Crippen LogP contribution in [0.1, 0.15) is 54.8 Å². The Bertz CT molecular complexity index is 500. The Balaban J connectivity index is 2.66. The van der Waals surface area contributed by atoms with Crippen LogP contribution in [0.2, 0.25) is 0 Å². The van der Waals surface area contributed by atoms with Gasteiger partial charge in [0.25, 0.3) is 11.8 Å². The highest BCUT2D eigenvalue weighted by Gasteiger charge is 2.14. The molecule has 0 radical (unpaired) electrons. The molecule has 0 aliphatic rings. The molecule has 0 spiro atoms. The summed E-state index contributed by atoms with van der Waals surface area (Å²) in [6, 6.07) is 6.25. The normalized spacial score (nSPS) is 12.6. The lowest BCUT2D eigenvalue weighted by Gasteiger charge is -2.18. The zero-order valence-electron chi connectivity index (χ0n) is 13.8. The molecule has 0 aliphatic carbocycles. The first-order valence-corrected chi connectivity index (χ1v) is 7.57. The lowest BCUT2D eigenvalue weighted by molar-refractivity contribution is 0.0910. The van der Waals surface area contributed by atoms with Gasteiger partial charge in [0.05, 0.1) is 12.6 Å². The van der Waals surface area contributed by atoms with Crippen molar-refractivity contribution in [1.82, 2.24) is 10.6 Å². The van der Waals surface area contributed by atoms with Crippen LogP contribution in [0.25, 0.3) is 0 Å². The van der Waals surface area contributed by atoms with Crippen LogP contribution in [-0.4, -0.2) is 36.1 Å². The Morgan fingerprint density at radius 3 is 2.00 bits per heavy atom. The van der Waals surface area contributed by atoms with E-state index >= 15 is 0 Å². The standard InChI is InChI=1S/C17H26N2O3/c1-5-14(10-20)19-16(22)13-8-6-12(7-9-13)15(21)18-11-17(2,3)4/h6-9,14,20H,5,10-11H2,1-4H3,(H,18,21)(H,19,22). The highest BCUT2D eigenvalue weighted by molar-refractivity contribution is 5.97. The number of carbonyl (C=O) groups excluding carboxylic acids is 2. The zero-order chi connectivity index (χ0) is 16.8. The summed E-state index contributed by atoms with van der Waals surface area (Å²) in [6.07, 6.45) is 0.662. The number of aliphatic hydroxyl groups excluding tert-OH is 1. The van der Waals surface area contributed by atoms with E-state index in [1.54, 1.807) is 24.3 Å². The summed E-state index contributed by atoms with van der Waals surface area (Å²) in [4.78, 5) is 24.0. The van der Waals surface area contributed by atoms with Crippen LogP contribution < -0.4 is 10.6 Å². The summed E-state index contributed by atoms with van der Waals surface area (Å²) in [6.45, 7) is 8.53. The lowest BCUT2D eigenvalue weighted by atomic mass is 9.97. The van der Waals surface area contributed by atoms with Crippen molar-refractivity contribution in [3.05, 3.63) is 35.4 Å². The van der Waals surface area contributed by atoms with Crippen LogP contribution in [0.3, 0.4) is 0 Å². The molecule has 1 aromatic carbocycles. The molecule has 1 aromatic rings. The van der Waals surface area contributed by atoms with Crippen LogP contribution in [0.5, 0.6) is 0 Å². The second-order valence-electron chi connectivity index (χ2n) is 6.58. The smallest absolute Gasteiger partial charge is 0.251 e. The monoisotopic (exact) mass is 306 g/mol. The number of hydrogen-bond acceptors (Lipinski definition) is 3. The van der Waals surface area contributed by atoms with Crippen molar-refractivity contribution in [1.29, 1.82) is 0 Å². The summed E-state index contributed by atoms with van der Waals surface area (Å²) < 4.78 is 0. The number of carbonyl (C=O) groups is 2. The molecule has 1 atom stereocenters. The molecule has 3 N–H and O–H groups in total. The molecule has 0 aromatic heterocycles. The lowest BCUT2D eigenvalue weighted by Crippen LogP contribution is -2.37. The van der Waals surface area contributed by atoms with Gasteiger partial charge in [-0.15, -0.1) is 0 Å². The van der Waals surface area contributed by atoms with Crippen molar-refractivity contribution < 1.29 is 14.7 Å². The van der Waals surface area contributed by atoms with Gasteiger partial charge in [-0.2, -0.15) is 0 Å². The quantitative estimate of drug-likeness (QED) is 0.752. The van der Waals surface area contributed by atoms with Crippen LogP contribution in [-0.2, 0) is 0 Å². The number of benzene rings is 1. The van der Waals surface area contributed by atoms with E-state index in [2.05, 4.69) is 10.6 Å². The average Bonchev–Trinajstić information content (AvgIpc) is 2.49. The Kier molecular flexibility index (Phi) is 6.56. The predicted octanol–water partition coefficient (Wildman–Crippen LogP) is 1.96. The van der Waals surface area contributed by atoms with Gasteiger partial charge in [-0.1, -0.05) is 27.7 Å². The molecule has 0 saturated heterocycles. The summed E-state index contributed by atoms with van der Waals surface area (Å²) in [5, 5.41) is 14.7. The minimum absolute atomic E-state index is 0.0228. The molecule has 22 heavy (non-hydrogen) atoms. The van der Waals surface area contributed by atoms with Crippen molar-refractivity contribution in [2.45, 2.75) is 40.2 Å². The van der Waals surface area contributed by atoms with Crippen LogP contribution in [0, 0.1) is 5.41 Å². The molecule has 2 amide bonds. The van der Waals surface area contributed by atoms with Crippen molar-refractivity contribution in [2.24, 2.45) is 5.41 Å². The van der Waals surface area contributed by atoms with Gasteiger partial charge >= 0.3 is 0 Å². The van der Waals surface area contributed by atoms with E-state index in [1.807, 2.05) is 27.7 Å². The number of amides is 2. The molecular formula is C17H26N2O3. The van der Waals surface area contributed by atoms with E-state index in [1.165, 1.54) is 0 Å². The number of nitrogens with one attached hydrogen (secondary N) is 2. The fourth-order valence-electron chi connectivity index (χ4n) is 1.77. The van der Waals surface area contributed by atoms with Gasteiger partial charge in [-0.3, -0.25) is 9.59 Å². The molecule has 122 valence electrons. The van der Waals surface area contributed by atoms with E-state index in [0.717, 1.165) is 0 Å². The van der Waals surface area contributed by atoms with Gasteiger partial charge < -0.3 is 15.7 Å².